The van der Waals surface area contributed by atoms with Crippen molar-refractivity contribution in [2.45, 2.75) is 10.1 Å². The van der Waals surface area contributed by atoms with Gasteiger partial charge in [0, 0.05) is 14.2 Å². The number of alkyl halides is 1. The molecule has 1 aromatic heterocycles. The van der Waals surface area contributed by atoms with Gasteiger partial charge < -0.3 is 0 Å². The monoisotopic (exact) mass is 340 g/mol. The van der Waals surface area contributed by atoms with Crippen molar-refractivity contribution in [3.05, 3.63) is 27.3 Å². The first-order valence-corrected chi connectivity index (χ1v) is 6.56. The molecule has 68 valence electrons. The van der Waals surface area contributed by atoms with E-state index in [4.69, 9.17) is 11.6 Å². The van der Waals surface area contributed by atoms with Crippen molar-refractivity contribution < 1.29 is 0 Å². The second-order valence-corrected chi connectivity index (χ2v) is 5.93. The van der Waals surface area contributed by atoms with Gasteiger partial charge in [0.05, 0.1) is 4.21 Å². The fourth-order valence-corrected chi connectivity index (χ4v) is 3.54. The van der Waals surface area contributed by atoms with E-state index in [0.29, 0.717) is 5.88 Å². The van der Waals surface area contributed by atoms with Gasteiger partial charge >= 0.3 is 0 Å². The van der Waals surface area contributed by atoms with E-state index in [1.165, 1.54) is 19.2 Å². The number of halogens is 2. The minimum Gasteiger partial charge on any atom is -0.133 e. The van der Waals surface area contributed by atoms with Crippen molar-refractivity contribution in [3.8, 4) is 0 Å². The maximum Gasteiger partial charge on any atom is 0.0581 e. The number of hydrogen-bond acceptors (Lipinski definition) is 2. The molecule has 0 aliphatic heterocycles. The molecule has 0 saturated carbocycles. The predicted octanol–water partition coefficient (Wildman–Crippen LogP) is 4.53. The van der Waals surface area contributed by atoms with E-state index < -0.39 is 0 Å². The average molecular weight is 341 g/mol. The van der Waals surface area contributed by atoms with Crippen LogP contribution in [0.5, 0.6) is 0 Å². The number of rotatable bonds is 1. The molecule has 0 N–H and O–H groups in total. The molecule has 2 aromatic rings. The molecule has 1 aromatic carbocycles. The SMILES string of the molecule is Sc1cc2c(CCl)ccc(I)c2s1. The summed E-state index contributed by atoms with van der Waals surface area (Å²) in [6.45, 7) is 0. The molecule has 0 fully saturated rings. The molecule has 0 saturated heterocycles. The van der Waals surface area contributed by atoms with E-state index in [1.807, 2.05) is 0 Å². The van der Waals surface area contributed by atoms with Crippen LogP contribution >= 0.6 is 58.2 Å². The minimum absolute atomic E-state index is 0.567. The summed E-state index contributed by atoms with van der Waals surface area (Å²) >= 11 is 14.2. The molecule has 1 heterocycles. The summed E-state index contributed by atoms with van der Waals surface area (Å²) in [4.78, 5) is 0. The third-order valence-electron chi connectivity index (χ3n) is 1.86. The molecule has 0 bridgehead atoms. The van der Waals surface area contributed by atoms with Gasteiger partial charge in [0.15, 0.2) is 0 Å². The van der Waals surface area contributed by atoms with Crippen LogP contribution in [0.4, 0.5) is 0 Å². The third kappa shape index (κ3) is 1.84. The smallest absolute Gasteiger partial charge is 0.0581 e. The second-order valence-electron chi connectivity index (χ2n) is 2.67. The Morgan fingerprint density at radius 2 is 2.23 bits per heavy atom. The number of benzene rings is 1. The van der Waals surface area contributed by atoms with Gasteiger partial charge in [-0.1, -0.05) is 6.07 Å². The number of thiophene rings is 1. The van der Waals surface area contributed by atoms with Crippen LogP contribution in [0.25, 0.3) is 10.1 Å². The van der Waals surface area contributed by atoms with Gasteiger partial charge in [0.1, 0.15) is 0 Å². The number of fused-ring (bicyclic) bond motifs is 1. The highest BCUT2D eigenvalue weighted by molar-refractivity contribution is 14.1. The lowest BCUT2D eigenvalue weighted by molar-refractivity contribution is 1.45. The summed E-state index contributed by atoms with van der Waals surface area (Å²) in [5, 5.41) is 1.25. The first kappa shape index (κ1) is 10.1. The highest BCUT2D eigenvalue weighted by Gasteiger charge is 2.06. The van der Waals surface area contributed by atoms with Gasteiger partial charge in [-0.3, -0.25) is 0 Å². The Hall–Kier alpha value is 0.550. The van der Waals surface area contributed by atoms with E-state index in [-0.39, 0.29) is 0 Å². The lowest BCUT2D eigenvalue weighted by Gasteiger charge is -1.99. The van der Waals surface area contributed by atoms with E-state index in [0.717, 1.165) is 4.21 Å². The standard InChI is InChI=1S/C9H6ClIS2/c10-4-5-1-2-7(11)9-6(5)3-8(12)13-9/h1-3,12H,4H2. The van der Waals surface area contributed by atoms with Crippen molar-refractivity contribution in [1.82, 2.24) is 0 Å². The second kappa shape index (κ2) is 3.96. The molecule has 0 radical (unpaired) electrons. The van der Waals surface area contributed by atoms with E-state index in [1.54, 1.807) is 11.3 Å². The van der Waals surface area contributed by atoms with Gasteiger partial charge in [-0.15, -0.1) is 35.6 Å². The van der Waals surface area contributed by atoms with Gasteiger partial charge in [0.2, 0.25) is 0 Å². The molecule has 0 atom stereocenters. The maximum atomic E-state index is 5.84. The molecule has 0 spiro atoms. The normalized spacial score (nSPS) is 11.0. The van der Waals surface area contributed by atoms with E-state index in [2.05, 4.69) is 53.4 Å². The van der Waals surface area contributed by atoms with Crippen LogP contribution in [-0.4, -0.2) is 0 Å². The summed E-state index contributed by atoms with van der Waals surface area (Å²) in [6, 6.07) is 6.27. The van der Waals surface area contributed by atoms with Crippen LogP contribution in [0.3, 0.4) is 0 Å². The molecule has 4 heteroatoms. The summed E-state index contributed by atoms with van der Waals surface area (Å²) in [6.07, 6.45) is 0. The molecule has 0 nitrogen and oxygen atoms in total. The van der Waals surface area contributed by atoms with Gasteiger partial charge in [-0.2, -0.15) is 0 Å². The Labute approximate surface area is 105 Å². The Morgan fingerprint density at radius 1 is 1.46 bits per heavy atom. The zero-order valence-electron chi connectivity index (χ0n) is 6.55. The molecule has 0 aliphatic carbocycles. The van der Waals surface area contributed by atoms with Crippen molar-refractivity contribution in [3.63, 3.8) is 0 Å². The minimum atomic E-state index is 0.567. The molecule has 0 unspecified atom stereocenters. The van der Waals surface area contributed by atoms with E-state index in [9.17, 15) is 0 Å². The summed E-state index contributed by atoms with van der Waals surface area (Å²) in [7, 11) is 0. The van der Waals surface area contributed by atoms with Gasteiger partial charge in [-0.05, 0) is 45.7 Å². The summed E-state index contributed by atoms with van der Waals surface area (Å²) in [5.41, 5.74) is 1.19. The Balaban J connectivity index is 2.83. The van der Waals surface area contributed by atoms with Crippen LogP contribution in [0.15, 0.2) is 22.4 Å². The highest BCUT2D eigenvalue weighted by Crippen LogP contribution is 2.34. The third-order valence-corrected chi connectivity index (χ3v) is 4.78. The largest absolute Gasteiger partial charge is 0.133 e. The summed E-state index contributed by atoms with van der Waals surface area (Å²) < 4.78 is 3.61. The van der Waals surface area contributed by atoms with Crippen LogP contribution in [0, 0.1) is 3.57 Å². The zero-order chi connectivity index (χ0) is 9.42. The Bertz CT molecular complexity index is 450. The predicted molar refractivity (Wildman–Crippen MR) is 71.4 cm³/mol. The van der Waals surface area contributed by atoms with Crippen LogP contribution in [-0.2, 0) is 5.88 Å². The van der Waals surface area contributed by atoms with Gasteiger partial charge in [0.25, 0.3) is 0 Å². The lowest BCUT2D eigenvalue weighted by atomic mass is 10.1. The Kier molecular flexibility index (Phi) is 3.07. The molecule has 2 rings (SSSR count). The van der Waals surface area contributed by atoms with Crippen molar-refractivity contribution in [2.75, 3.05) is 0 Å². The van der Waals surface area contributed by atoms with E-state index >= 15 is 0 Å². The zero-order valence-corrected chi connectivity index (χ0v) is 11.2. The van der Waals surface area contributed by atoms with Crippen molar-refractivity contribution >= 4 is 68.2 Å². The molecule has 0 amide bonds. The number of thiol groups is 1. The summed E-state index contributed by atoms with van der Waals surface area (Å²) in [5.74, 6) is 0.567. The molecular weight excluding hydrogens is 335 g/mol. The Morgan fingerprint density at radius 3 is 2.92 bits per heavy atom. The van der Waals surface area contributed by atoms with Crippen molar-refractivity contribution in [1.29, 1.82) is 0 Å². The van der Waals surface area contributed by atoms with Crippen molar-refractivity contribution in [2.24, 2.45) is 0 Å². The van der Waals surface area contributed by atoms with Crippen LogP contribution in [0.1, 0.15) is 5.56 Å². The lowest BCUT2D eigenvalue weighted by Crippen LogP contribution is -1.79. The fourth-order valence-electron chi connectivity index (χ4n) is 1.25. The molecule has 0 aliphatic rings. The van der Waals surface area contributed by atoms with Gasteiger partial charge in [-0.25, -0.2) is 0 Å². The van der Waals surface area contributed by atoms with Crippen LogP contribution in [0.2, 0.25) is 0 Å². The fraction of sp³-hybridized carbons (Fsp3) is 0.111. The van der Waals surface area contributed by atoms with Crippen LogP contribution < -0.4 is 0 Å². The molecular formula is C9H6ClIS2. The highest BCUT2D eigenvalue weighted by atomic mass is 127. The molecule has 13 heavy (non-hydrogen) atoms. The number of hydrogen-bond donors (Lipinski definition) is 1. The topological polar surface area (TPSA) is 0 Å². The maximum absolute atomic E-state index is 5.84. The first-order chi connectivity index (χ1) is 6.22. The quantitative estimate of drug-likeness (QED) is 0.440. The average Bonchev–Trinajstić information content (AvgIpc) is 2.48. The first-order valence-electron chi connectivity index (χ1n) is 3.68.